The Balaban J connectivity index is 1.50. The van der Waals surface area contributed by atoms with Gasteiger partial charge in [0.2, 0.25) is 0 Å². The summed E-state index contributed by atoms with van der Waals surface area (Å²) in [4.78, 5) is 13.8. The van der Waals surface area contributed by atoms with Crippen LogP contribution < -0.4 is 5.32 Å². The second kappa shape index (κ2) is 10.8. The lowest BCUT2D eigenvalue weighted by Crippen LogP contribution is -2.28. The van der Waals surface area contributed by atoms with Crippen molar-refractivity contribution in [3.8, 4) is 11.4 Å². The van der Waals surface area contributed by atoms with E-state index in [9.17, 15) is 17.6 Å². The van der Waals surface area contributed by atoms with Crippen molar-refractivity contribution in [1.29, 1.82) is 0 Å². The smallest absolute Gasteiger partial charge is 0.317 e. The number of nitrogens with zero attached hydrogens (tertiary/aromatic N) is 4. The van der Waals surface area contributed by atoms with E-state index in [1.807, 2.05) is 4.57 Å². The number of rotatable bonds is 7. The van der Waals surface area contributed by atoms with Gasteiger partial charge in [0.05, 0.1) is 16.8 Å². The Morgan fingerprint density at radius 3 is 2.54 bits per heavy atom. The highest BCUT2D eigenvalue weighted by atomic mass is 35.5. The average molecular weight is 532 g/mol. The number of hydrogen-bond donors (Lipinski definition) is 1. The number of fused-ring (bicyclic) bond motifs is 1. The van der Waals surface area contributed by atoms with Gasteiger partial charge >= 0.3 is 6.18 Å². The molecule has 0 saturated carbocycles. The van der Waals surface area contributed by atoms with E-state index in [1.54, 1.807) is 24.4 Å². The first-order valence-corrected chi connectivity index (χ1v) is 12.7. The van der Waals surface area contributed by atoms with Gasteiger partial charge in [0.15, 0.2) is 5.65 Å². The molecular formula is C27H26ClF4N5. The molecule has 194 valence electrons. The zero-order valence-corrected chi connectivity index (χ0v) is 20.8. The maximum absolute atomic E-state index is 14.1. The van der Waals surface area contributed by atoms with Gasteiger partial charge in [0, 0.05) is 18.5 Å². The molecule has 0 atom stereocenters. The number of alkyl halides is 3. The fourth-order valence-electron chi connectivity index (χ4n) is 4.79. The summed E-state index contributed by atoms with van der Waals surface area (Å²) in [7, 11) is 0. The van der Waals surface area contributed by atoms with Crippen LogP contribution in [-0.2, 0) is 25.6 Å². The molecule has 1 saturated heterocycles. The molecule has 0 amide bonds. The largest absolute Gasteiger partial charge is 0.416 e. The van der Waals surface area contributed by atoms with Crippen molar-refractivity contribution in [2.75, 3.05) is 13.1 Å². The van der Waals surface area contributed by atoms with Gasteiger partial charge in [0.25, 0.3) is 0 Å². The van der Waals surface area contributed by atoms with Gasteiger partial charge in [-0.15, -0.1) is 0 Å². The average Bonchev–Trinajstić information content (AvgIpc) is 3.24. The number of aromatic nitrogens is 4. The highest BCUT2D eigenvalue weighted by molar-refractivity contribution is 6.33. The van der Waals surface area contributed by atoms with Gasteiger partial charge in [-0.3, -0.25) is 0 Å². The Labute approximate surface area is 216 Å². The predicted molar refractivity (Wildman–Crippen MR) is 135 cm³/mol. The molecule has 2 aromatic carbocycles. The van der Waals surface area contributed by atoms with E-state index in [-0.39, 0.29) is 10.8 Å². The molecule has 1 aliphatic rings. The molecule has 5 rings (SSSR count). The molecule has 4 aromatic rings. The van der Waals surface area contributed by atoms with Crippen LogP contribution in [-0.4, -0.2) is 32.6 Å². The normalized spacial score (nSPS) is 14.9. The molecule has 37 heavy (non-hydrogen) atoms. The number of halogens is 5. The molecule has 0 unspecified atom stereocenters. The molecule has 10 heteroatoms. The topological polar surface area (TPSA) is 55.6 Å². The minimum absolute atomic E-state index is 0.0269. The Morgan fingerprint density at radius 1 is 1.03 bits per heavy atom. The van der Waals surface area contributed by atoms with E-state index in [2.05, 4.69) is 15.3 Å². The minimum Gasteiger partial charge on any atom is -0.317 e. The SMILES string of the molecule is Fc1ccccc1CCc1ncc2nc(-c3ccc(C(F)(F)F)cc3Cl)n(CCC3CCNCC3)c2n1. The van der Waals surface area contributed by atoms with Crippen LogP contribution in [0.5, 0.6) is 0 Å². The molecule has 1 fully saturated rings. The summed E-state index contributed by atoms with van der Waals surface area (Å²) in [5, 5.41) is 3.34. The predicted octanol–water partition coefficient (Wildman–Crippen LogP) is 6.48. The van der Waals surface area contributed by atoms with E-state index in [4.69, 9.17) is 16.6 Å². The highest BCUT2D eigenvalue weighted by Crippen LogP contribution is 2.36. The molecule has 3 heterocycles. The van der Waals surface area contributed by atoms with Crippen molar-refractivity contribution in [3.05, 3.63) is 76.5 Å². The minimum atomic E-state index is -4.49. The lowest BCUT2D eigenvalue weighted by molar-refractivity contribution is -0.137. The van der Waals surface area contributed by atoms with Gasteiger partial charge in [-0.1, -0.05) is 29.8 Å². The lowest BCUT2D eigenvalue weighted by atomic mass is 9.94. The third-order valence-electron chi connectivity index (χ3n) is 6.87. The zero-order chi connectivity index (χ0) is 26.0. The van der Waals surface area contributed by atoms with Crippen LogP contribution in [0.25, 0.3) is 22.6 Å². The number of nitrogens with one attached hydrogen (secondary N) is 1. The lowest BCUT2D eigenvalue weighted by Gasteiger charge is -2.23. The number of imidazole rings is 1. The Morgan fingerprint density at radius 2 is 1.81 bits per heavy atom. The molecule has 5 nitrogen and oxygen atoms in total. The van der Waals surface area contributed by atoms with E-state index in [0.29, 0.717) is 59.2 Å². The van der Waals surface area contributed by atoms with Gasteiger partial charge < -0.3 is 9.88 Å². The van der Waals surface area contributed by atoms with Crippen LogP contribution in [0.4, 0.5) is 17.6 Å². The number of piperidine rings is 1. The first-order chi connectivity index (χ1) is 17.8. The second-order valence-electron chi connectivity index (χ2n) is 9.35. The fourth-order valence-corrected chi connectivity index (χ4v) is 5.06. The first kappa shape index (κ1) is 25.6. The Bertz CT molecular complexity index is 1400. The Kier molecular flexibility index (Phi) is 7.44. The van der Waals surface area contributed by atoms with Crippen molar-refractivity contribution in [2.24, 2.45) is 5.92 Å². The molecule has 0 bridgehead atoms. The summed E-state index contributed by atoms with van der Waals surface area (Å²) in [6, 6.07) is 9.91. The zero-order valence-electron chi connectivity index (χ0n) is 20.0. The molecule has 0 spiro atoms. The second-order valence-corrected chi connectivity index (χ2v) is 9.76. The quantitative estimate of drug-likeness (QED) is 0.277. The van der Waals surface area contributed by atoms with Crippen LogP contribution >= 0.6 is 11.6 Å². The van der Waals surface area contributed by atoms with E-state index in [0.717, 1.165) is 44.5 Å². The summed E-state index contributed by atoms with van der Waals surface area (Å²) in [6.07, 6.45) is 1.01. The van der Waals surface area contributed by atoms with Crippen LogP contribution in [0.2, 0.25) is 5.02 Å². The van der Waals surface area contributed by atoms with Crippen LogP contribution in [0, 0.1) is 11.7 Å². The highest BCUT2D eigenvalue weighted by Gasteiger charge is 2.31. The molecule has 2 aromatic heterocycles. The first-order valence-electron chi connectivity index (χ1n) is 12.3. The third kappa shape index (κ3) is 5.78. The number of benzene rings is 2. The molecule has 0 radical (unpaired) electrons. The van der Waals surface area contributed by atoms with Crippen LogP contribution in [0.1, 0.15) is 36.2 Å². The van der Waals surface area contributed by atoms with E-state index < -0.39 is 11.7 Å². The fraction of sp³-hybridized carbons (Fsp3) is 0.370. The summed E-state index contributed by atoms with van der Waals surface area (Å²) < 4.78 is 55.6. The van der Waals surface area contributed by atoms with Gasteiger partial charge in [-0.25, -0.2) is 19.3 Å². The summed E-state index contributed by atoms with van der Waals surface area (Å²) in [6.45, 7) is 2.53. The number of hydrogen-bond acceptors (Lipinski definition) is 4. The molecule has 1 aliphatic heterocycles. The maximum Gasteiger partial charge on any atom is 0.416 e. The Hall–Kier alpha value is -3.04. The standard InChI is InChI=1S/C27H26ClF4N5/c28-21-15-19(27(30,31)32)6-7-20(21)25-35-23-16-34-24(8-5-18-3-1-2-4-22(18)29)36-26(23)37(25)14-11-17-9-12-33-13-10-17/h1-4,6-7,15-17,33H,5,8-14H2. The van der Waals surface area contributed by atoms with E-state index >= 15 is 0 Å². The van der Waals surface area contributed by atoms with Crippen molar-refractivity contribution in [3.63, 3.8) is 0 Å². The van der Waals surface area contributed by atoms with Crippen LogP contribution in [0.3, 0.4) is 0 Å². The van der Waals surface area contributed by atoms with Crippen LogP contribution in [0.15, 0.2) is 48.7 Å². The van der Waals surface area contributed by atoms with E-state index in [1.165, 1.54) is 12.1 Å². The number of aryl methyl sites for hydroxylation is 3. The van der Waals surface area contributed by atoms with Crippen molar-refractivity contribution in [1.82, 2.24) is 24.8 Å². The summed E-state index contributed by atoms with van der Waals surface area (Å²) in [5.74, 6) is 1.26. The summed E-state index contributed by atoms with van der Waals surface area (Å²) >= 11 is 6.35. The summed E-state index contributed by atoms with van der Waals surface area (Å²) in [5.41, 5.74) is 1.31. The molecular weight excluding hydrogens is 506 g/mol. The third-order valence-corrected chi connectivity index (χ3v) is 7.18. The van der Waals surface area contributed by atoms with Gasteiger partial charge in [0.1, 0.15) is 23.0 Å². The maximum atomic E-state index is 14.1. The van der Waals surface area contributed by atoms with Gasteiger partial charge in [-0.05, 0) is 74.5 Å². The van der Waals surface area contributed by atoms with Crippen molar-refractivity contribution < 1.29 is 17.6 Å². The molecule has 1 N–H and O–H groups in total. The monoisotopic (exact) mass is 531 g/mol. The van der Waals surface area contributed by atoms with Gasteiger partial charge in [-0.2, -0.15) is 13.2 Å². The van der Waals surface area contributed by atoms with Crippen molar-refractivity contribution in [2.45, 2.75) is 44.8 Å². The van der Waals surface area contributed by atoms with Crippen molar-refractivity contribution >= 4 is 22.8 Å². The molecule has 0 aliphatic carbocycles.